The number of carbonyl (C=O) groups is 1. The SMILES string of the molecule is C=CCN1CCC(NC(=O)N(C)CCO)CC1. The van der Waals surface area contributed by atoms with Crippen LogP contribution >= 0.6 is 0 Å². The number of aliphatic hydroxyl groups is 1. The first-order chi connectivity index (χ1) is 8.17. The van der Waals surface area contributed by atoms with Gasteiger partial charge in [0.2, 0.25) is 0 Å². The van der Waals surface area contributed by atoms with E-state index in [4.69, 9.17) is 5.11 Å². The van der Waals surface area contributed by atoms with Gasteiger partial charge in [0.1, 0.15) is 0 Å². The van der Waals surface area contributed by atoms with E-state index in [1.54, 1.807) is 7.05 Å². The Hall–Kier alpha value is -1.07. The normalized spacial score (nSPS) is 17.8. The van der Waals surface area contributed by atoms with Gasteiger partial charge in [-0.3, -0.25) is 4.90 Å². The number of piperidine rings is 1. The summed E-state index contributed by atoms with van der Waals surface area (Å²) in [7, 11) is 1.69. The Balaban J connectivity index is 2.25. The predicted octanol–water partition coefficient (Wildman–Crippen LogP) is 0.271. The van der Waals surface area contributed by atoms with Crippen molar-refractivity contribution in [3.8, 4) is 0 Å². The third-order valence-corrected chi connectivity index (χ3v) is 3.08. The Morgan fingerprint density at radius 1 is 1.59 bits per heavy atom. The molecule has 0 aromatic heterocycles. The summed E-state index contributed by atoms with van der Waals surface area (Å²) in [5, 5.41) is 11.7. The molecule has 1 rings (SSSR count). The van der Waals surface area contributed by atoms with Crippen LogP contribution in [0, 0.1) is 0 Å². The number of urea groups is 1. The van der Waals surface area contributed by atoms with Crippen molar-refractivity contribution in [3.63, 3.8) is 0 Å². The van der Waals surface area contributed by atoms with E-state index >= 15 is 0 Å². The smallest absolute Gasteiger partial charge is 0.317 e. The first-order valence-electron chi connectivity index (χ1n) is 6.13. The van der Waals surface area contributed by atoms with Gasteiger partial charge < -0.3 is 15.3 Å². The van der Waals surface area contributed by atoms with E-state index in [1.807, 2.05) is 6.08 Å². The highest BCUT2D eigenvalue weighted by molar-refractivity contribution is 5.74. The second kappa shape index (κ2) is 7.29. The van der Waals surface area contributed by atoms with Crippen molar-refractivity contribution in [2.75, 3.05) is 39.8 Å². The molecule has 2 N–H and O–H groups in total. The lowest BCUT2D eigenvalue weighted by atomic mass is 10.1. The Labute approximate surface area is 103 Å². The molecule has 0 radical (unpaired) electrons. The van der Waals surface area contributed by atoms with Crippen molar-refractivity contribution in [3.05, 3.63) is 12.7 Å². The topological polar surface area (TPSA) is 55.8 Å². The second-order valence-corrected chi connectivity index (χ2v) is 4.46. The van der Waals surface area contributed by atoms with Crippen molar-refractivity contribution in [2.24, 2.45) is 0 Å². The third-order valence-electron chi connectivity index (χ3n) is 3.08. The number of likely N-dealkylation sites (tertiary alicyclic amines) is 1. The Morgan fingerprint density at radius 2 is 2.24 bits per heavy atom. The van der Waals surface area contributed by atoms with Gasteiger partial charge in [0.05, 0.1) is 6.61 Å². The molecule has 0 aliphatic carbocycles. The predicted molar refractivity (Wildman–Crippen MR) is 67.9 cm³/mol. The monoisotopic (exact) mass is 241 g/mol. The van der Waals surface area contributed by atoms with Crippen molar-refractivity contribution < 1.29 is 9.90 Å². The maximum atomic E-state index is 11.7. The lowest BCUT2D eigenvalue weighted by Crippen LogP contribution is -2.48. The largest absolute Gasteiger partial charge is 0.395 e. The van der Waals surface area contributed by atoms with Gasteiger partial charge >= 0.3 is 6.03 Å². The van der Waals surface area contributed by atoms with Gasteiger partial charge in [0.25, 0.3) is 0 Å². The Kier molecular flexibility index (Phi) is 6.00. The van der Waals surface area contributed by atoms with Crippen molar-refractivity contribution >= 4 is 6.03 Å². The molecule has 0 spiro atoms. The van der Waals surface area contributed by atoms with Crippen LogP contribution in [0.15, 0.2) is 12.7 Å². The zero-order valence-electron chi connectivity index (χ0n) is 10.6. The lowest BCUT2D eigenvalue weighted by molar-refractivity contribution is 0.174. The minimum absolute atomic E-state index is 0.00169. The standard InChI is InChI=1S/C12H23N3O2/c1-3-6-15-7-4-11(5-8-15)13-12(17)14(2)9-10-16/h3,11,16H,1,4-10H2,2H3,(H,13,17). The molecule has 98 valence electrons. The van der Waals surface area contributed by atoms with Gasteiger partial charge in [0, 0.05) is 39.3 Å². The molecule has 0 bridgehead atoms. The van der Waals surface area contributed by atoms with E-state index in [0.717, 1.165) is 32.5 Å². The maximum absolute atomic E-state index is 11.7. The van der Waals surface area contributed by atoms with E-state index < -0.39 is 0 Å². The van der Waals surface area contributed by atoms with Gasteiger partial charge in [-0.15, -0.1) is 6.58 Å². The van der Waals surface area contributed by atoms with E-state index in [0.29, 0.717) is 6.54 Å². The zero-order chi connectivity index (χ0) is 12.7. The lowest BCUT2D eigenvalue weighted by Gasteiger charge is -2.32. The number of hydrogen-bond donors (Lipinski definition) is 2. The van der Waals surface area contributed by atoms with Gasteiger partial charge in [-0.1, -0.05) is 6.08 Å². The summed E-state index contributed by atoms with van der Waals surface area (Å²) < 4.78 is 0. The minimum atomic E-state index is -0.0961. The van der Waals surface area contributed by atoms with Crippen LogP contribution in [0.25, 0.3) is 0 Å². The highest BCUT2D eigenvalue weighted by Crippen LogP contribution is 2.10. The van der Waals surface area contributed by atoms with Crippen LogP contribution < -0.4 is 5.32 Å². The summed E-state index contributed by atoms with van der Waals surface area (Å²) in [4.78, 5) is 15.5. The molecule has 0 unspecified atom stereocenters. The van der Waals surface area contributed by atoms with E-state index in [1.165, 1.54) is 4.90 Å². The van der Waals surface area contributed by atoms with Crippen LogP contribution in [0.5, 0.6) is 0 Å². The number of amides is 2. The Bertz CT molecular complexity index is 250. The van der Waals surface area contributed by atoms with Gasteiger partial charge in [-0.2, -0.15) is 0 Å². The van der Waals surface area contributed by atoms with E-state index in [2.05, 4.69) is 16.8 Å². The molecule has 1 fully saturated rings. The molecule has 1 aliphatic heterocycles. The maximum Gasteiger partial charge on any atom is 0.317 e. The van der Waals surface area contributed by atoms with Crippen LogP contribution in [0.4, 0.5) is 4.79 Å². The van der Waals surface area contributed by atoms with Crippen LogP contribution in [-0.2, 0) is 0 Å². The van der Waals surface area contributed by atoms with Crippen LogP contribution in [0.3, 0.4) is 0 Å². The first-order valence-corrected chi connectivity index (χ1v) is 6.13. The minimum Gasteiger partial charge on any atom is -0.395 e. The highest BCUT2D eigenvalue weighted by atomic mass is 16.3. The average molecular weight is 241 g/mol. The fourth-order valence-corrected chi connectivity index (χ4v) is 1.98. The van der Waals surface area contributed by atoms with Crippen molar-refractivity contribution in [1.82, 2.24) is 15.1 Å². The number of hydrogen-bond acceptors (Lipinski definition) is 3. The second-order valence-electron chi connectivity index (χ2n) is 4.46. The van der Waals surface area contributed by atoms with Crippen LogP contribution in [0.2, 0.25) is 0 Å². The third kappa shape index (κ3) is 4.75. The van der Waals surface area contributed by atoms with Crippen LogP contribution in [0.1, 0.15) is 12.8 Å². The average Bonchev–Trinajstić information content (AvgIpc) is 2.32. The van der Waals surface area contributed by atoms with E-state index in [9.17, 15) is 4.79 Å². The van der Waals surface area contributed by atoms with Crippen molar-refractivity contribution in [2.45, 2.75) is 18.9 Å². The molecule has 0 aromatic carbocycles. The summed E-state index contributed by atoms with van der Waals surface area (Å²) in [5.74, 6) is 0. The number of nitrogens with one attached hydrogen (secondary N) is 1. The van der Waals surface area contributed by atoms with Gasteiger partial charge in [0.15, 0.2) is 0 Å². The van der Waals surface area contributed by atoms with Gasteiger partial charge in [-0.05, 0) is 12.8 Å². The first kappa shape index (κ1) is 14.0. The van der Waals surface area contributed by atoms with E-state index in [-0.39, 0.29) is 18.7 Å². The number of carbonyl (C=O) groups excluding carboxylic acids is 1. The molecule has 5 nitrogen and oxygen atoms in total. The summed E-state index contributed by atoms with van der Waals surface area (Å²) in [6.45, 7) is 7.02. The number of rotatable bonds is 5. The fourth-order valence-electron chi connectivity index (χ4n) is 1.98. The summed E-state index contributed by atoms with van der Waals surface area (Å²) in [5.41, 5.74) is 0. The Morgan fingerprint density at radius 3 is 2.76 bits per heavy atom. The zero-order valence-corrected chi connectivity index (χ0v) is 10.6. The summed E-state index contributed by atoms with van der Waals surface area (Å²) in [6.07, 6.45) is 3.87. The molecule has 2 amide bonds. The number of likely N-dealkylation sites (N-methyl/N-ethyl adjacent to an activating group) is 1. The van der Waals surface area contributed by atoms with Crippen LogP contribution in [-0.4, -0.2) is 66.8 Å². The summed E-state index contributed by atoms with van der Waals surface area (Å²) in [6, 6.07) is 0.158. The summed E-state index contributed by atoms with van der Waals surface area (Å²) >= 11 is 0. The molecule has 17 heavy (non-hydrogen) atoms. The quantitative estimate of drug-likeness (QED) is 0.679. The highest BCUT2D eigenvalue weighted by Gasteiger charge is 2.20. The molecule has 0 saturated carbocycles. The molecular weight excluding hydrogens is 218 g/mol. The number of nitrogens with zero attached hydrogens (tertiary/aromatic N) is 2. The molecule has 1 saturated heterocycles. The molecular formula is C12H23N3O2. The molecule has 0 aromatic rings. The van der Waals surface area contributed by atoms with Gasteiger partial charge in [-0.25, -0.2) is 4.79 Å². The molecule has 1 heterocycles. The number of aliphatic hydroxyl groups excluding tert-OH is 1. The molecule has 1 aliphatic rings. The van der Waals surface area contributed by atoms with Crippen molar-refractivity contribution in [1.29, 1.82) is 0 Å². The molecule has 5 heteroatoms. The molecule has 0 atom stereocenters. The fraction of sp³-hybridized carbons (Fsp3) is 0.750.